The molecule has 0 saturated carbocycles. The quantitative estimate of drug-likeness (QED) is 0.842. The van der Waals surface area contributed by atoms with E-state index < -0.39 is 12.1 Å². The molecule has 0 saturated heterocycles. The normalized spacial score (nSPS) is 10.8. The number of aromatic nitrogens is 1. The van der Waals surface area contributed by atoms with E-state index in [1.807, 2.05) is 0 Å². The standard InChI is InChI=1S/C8H4BrF3N2O2/c1-15-5-3-14-4(2-13)6(9)7(5)16-8(10,11)12/h3H,1H3. The molecule has 1 rings (SSSR count). The first kappa shape index (κ1) is 12.6. The maximum atomic E-state index is 12.1. The van der Waals surface area contributed by atoms with Crippen molar-refractivity contribution in [2.24, 2.45) is 0 Å². The van der Waals surface area contributed by atoms with Gasteiger partial charge in [0.25, 0.3) is 0 Å². The third-order valence-electron chi connectivity index (χ3n) is 1.49. The summed E-state index contributed by atoms with van der Waals surface area (Å²) in [6.07, 6.45) is -3.89. The lowest BCUT2D eigenvalue weighted by molar-refractivity contribution is -0.275. The lowest BCUT2D eigenvalue weighted by Crippen LogP contribution is -2.18. The Balaban J connectivity index is 3.28. The summed E-state index contributed by atoms with van der Waals surface area (Å²) in [6, 6.07) is 1.61. The SMILES string of the molecule is COc1cnc(C#N)c(Br)c1OC(F)(F)F. The van der Waals surface area contributed by atoms with Gasteiger partial charge in [-0.15, -0.1) is 13.2 Å². The largest absolute Gasteiger partial charge is 0.573 e. The van der Waals surface area contributed by atoms with Gasteiger partial charge in [0.2, 0.25) is 0 Å². The molecule has 0 aromatic carbocycles. The van der Waals surface area contributed by atoms with E-state index in [9.17, 15) is 13.2 Å². The van der Waals surface area contributed by atoms with E-state index in [0.29, 0.717) is 0 Å². The van der Waals surface area contributed by atoms with Crippen molar-refractivity contribution in [3.8, 4) is 17.6 Å². The molecule has 86 valence electrons. The third-order valence-corrected chi connectivity index (χ3v) is 2.22. The Morgan fingerprint density at radius 3 is 2.56 bits per heavy atom. The molecule has 16 heavy (non-hydrogen) atoms. The minimum Gasteiger partial charge on any atom is -0.491 e. The fourth-order valence-corrected chi connectivity index (χ4v) is 1.36. The van der Waals surface area contributed by atoms with Crippen molar-refractivity contribution in [1.82, 2.24) is 4.98 Å². The Morgan fingerprint density at radius 2 is 2.12 bits per heavy atom. The van der Waals surface area contributed by atoms with Crippen LogP contribution in [-0.2, 0) is 0 Å². The average Bonchev–Trinajstić information content (AvgIpc) is 2.19. The predicted molar refractivity (Wildman–Crippen MR) is 49.9 cm³/mol. The fraction of sp³-hybridized carbons (Fsp3) is 0.250. The van der Waals surface area contributed by atoms with Crippen LogP contribution in [0.1, 0.15) is 5.69 Å². The minimum absolute atomic E-state index is 0.202. The molecule has 0 aliphatic heterocycles. The Hall–Kier alpha value is -1.49. The zero-order chi connectivity index (χ0) is 12.3. The number of rotatable bonds is 2. The van der Waals surface area contributed by atoms with Gasteiger partial charge >= 0.3 is 6.36 Å². The number of nitrogens with zero attached hydrogens (tertiary/aromatic N) is 2. The summed E-state index contributed by atoms with van der Waals surface area (Å²) in [5.74, 6) is -0.843. The van der Waals surface area contributed by atoms with Gasteiger partial charge in [0, 0.05) is 0 Å². The summed E-state index contributed by atoms with van der Waals surface area (Å²) in [5, 5.41) is 8.58. The molecule has 1 aromatic rings. The lowest BCUT2D eigenvalue weighted by Gasteiger charge is -2.13. The number of pyridine rings is 1. The fourth-order valence-electron chi connectivity index (χ4n) is 0.888. The summed E-state index contributed by atoms with van der Waals surface area (Å²) in [6.45, 7) is 0. The molecule has 0 spiro atoms. The van der Waals surface area contributed by atoms with Crippen LogP contribution in [0.3, 0.4) is 0 Å². The number of alkyl halides is 3. The molecular weight excluding hydrogens is 293 g/mol. The highest BCUT2D eigenvalue weighted by Crippen LogP contribution is 2.39. The zero-order valence-electron chi connectivity index (χ0n) is 7.80. The van der Waals surface area contributed by atoms with E-state index in [1.165, 1.54) is 7.11 Å². The minimum atomic E-state index is -4.87. The maximum absolute atomic E-state index is 12.1. The summed E-state index contributed by atoms with van der Waals surface area (Å²) in [4.78, 5) is 3.58. The van der Waals surface area contributed by atoms with Crippen molar-refractivity contribution in [3.05, 3.63) is 16.4 Å². The van der Waals surface area contributed by atoms with Crippen LogP contribution in [0.15, 0.2) is 10.7 Å². The number of hydrogen-bond acceptors (Lipinski definition) is 4. The molecule has 8 heteroatoms. The highest BCUT2D eigenvalue weighted by Gasteiger charge is 2.34. The molecule has 0 bridgehead atoms. The van der Waals surface area contributed by atoms with Gasteiger partial charge in [0.1, 0.15) is 10.5 Å². The van der Waals surface area contributed by atoms with Crippen molar-refractivity contribution in [2.75, 3.05) is 7.11 Å². The van der Waals surface area contributed by atoms with E-state index in [4.69, 9.17) is 5.26 Å². The van der Waals surface area contributed by atoms with Gasteiger partial charge < -0.3 is 9.47 Å². The molecule has 0 aliphatic carbocycles. The van der Waals surface area contributed by atoms with Crippen molar-refractivity contribution < 1.29 is 22.6 Å². The molecule has 4 nitrogen and oxygen atoms in total. The second-order valence-electron chi connectivity index (χ2n) is 2.48. The molecule has 0 N–H and O–H groups in total. The first-order valence-electron chi connectivity index (χ1n) is 3.77. The highest BCUT2D eigenvalue weighted by atomic mass is 79.9. The van der Waals surface area contributed by atoms with E-state index in [2.05, 4.69) is 30.4 Å². The molecule has 0 atom stereocenters. The first-order chi connectivity index (χ1) is 7.39. The van der Waals surface area contributed by atoms with E-state index >= 15 is 0 Å². The third kappa shape index (κ3) is 2.76. The van der Waals surface area contributed by atoms with Crippen LogP contribution in [0.2, 0.25) is 0 Å². The van der Waals surface area contributed by atoms with Crippen LogP contribution in [0.4, 0.5) is 13.2 Å². The number of methoxy groups -OCH3 is 1. The van der Waals surface area contributed by atoms with Crippen LogP contribution in [0, 0.1) is 11.3 Å². The molecule has 0 fully saturated rings. The first-order valence-corrected chi connectivity index (χ1v) is 4.56. The van der Waals surface area contributed by atoms with E-state index in [-0.39, 0.29) is 15.9 Å². The molecule has 0 unspecified atom stereocenters. The highest BCUT2D eigenvalue weighted by molar-refractivity contribution is 9.10. The van der Waals surface area contributed by atoms with Crippen molar-refractivity contribution in [2.45, 2.75) is 6.36 Å². The average molecular weight is 297 g/mol. The Kier molecular flexibility index (Phi) is 3.59. The van der Waals surface area contributed by atoms with Crippen LogP contribution >= 0.6 is 15.9 Å². The molecule has 0 radical (unpaired) electrons. The number of ether oxygens (including phenoxy) is 2. The Bertz CT molecular complexity index is 442. The summed E-state index contributed by atoms with van der Waals surface area (Å²) in [7, 11) is 1.17. The second kappa shape index (κ2) is 4.57. The predicted octanol–water partition coefficient (Wildman–Crippen LogP) is 2.62. The monoisotopic (exact) mass is 296 g/mol. The smallest absolute Gasteiger partial charge is 0.491 e. The van der Waals surface area contributed by atoms with Gasteiger partial charge in [-0.2, -0.15) is 5.26 Å². The molecule has 1 aromatic heterocycles. The number of hydrogen-bond donors (Lipinski definition) is 0. The van der Waals surface area contributed by atoms with E-state index in [0.717, 1.165) is 6.20 Å². The lowest BCUT2D eigenvalue weighted by atomic mass is 10.3. The number of nitriles is 1. The van der Waals surface area contributed by atoms with Gasteiger partial charge in [-0.1, -0.05) is 0 Å². The van der Waals surface area contributed by atoms with Crippen LogP contribution in [0.5, 0.6) is 11.5 Å². The van der Waals surface area contributed by atoms with Gasteiger partial charge in [-0.3, -0.25) is 0 Å². The topological polar surface area (TPSA) is 55.1 Å². The summed E-state index contributed by atoms with van der Waals surface area (Å²) in [5.41, 5.74) is -0.222. The summed E-state index contributed by atoms with van der Waals surface area (Å²) >= 11 is 2.80. The van der Waals surface area contributed by atoms with Gasteiger partial charge in [-0.25, -0.2) is 4.98 Å². The van der Waals surface area contributed by atoms with E-state index in [1.54, 1.807) is 6.07 Å². The summed E-state index contributed by atoms with van der Waals surface area (Å²) < 4.78 is 44.4. The molecule has 0 amide bonds. The molecule has 1 heterocycles. The van der Waals surface area contributed by atoms with Crippen molar-refractivity contribution in [3.63, 3.8) is 0 Å². The van der Waals surface area contributed by atoms with Gasteiger partial charge in [0.15, 0.2) is 17.2 Å². The Morgan fingerprint density at radius 1 is 1.50 bits per heavy atom. The zero-order valence-corrected chi connectivity index (χ0v) is 9.39. The second-order valence-corrected chi connectivity index (χ2v) is 3.27. The van der Waals surface area contributed by atoms with Crippen LogP contribution in [-0.4, -0.2) is 18.5 Å². The van der Waals surface area contributed by atoms with Gasteiger partial charge in [0.05, 0.1) is 13.3 Å². The number of halogens is 4. The van der Waals surface area contributed by atoms with Crippen LogP contribution < -0.4 is 9.47 Å². The van der Waals surface area contributed by atoms with Crippen molar-refractivity contribution >= 4 is 15.9 Å². The van der Waals surface area contributed by atoms with Crippen molar-refractivity contribution in [1.29, 1.82) is 5.26 Å². The molecular formula is C8H4BrF3N2O2. The maximum Gasteiger partial charge on any atom is 0.573 e. The Labute approximate surface area is 96.7 Å². The van der Waals surface area contributed by atoms with Gasteiger partial charge in [-0.05, 0) is 15.9 Å². The molecule has 0 aliphatic rings. The van der Waals surface area contributed by atoms with Crippen LogP contribution in [0.25, 0.3) is 0 Å².